The summed E-state index contributed by atoms with van der Waals surface area (Å²) in [4.78, 5) is 27.4. The number of likely N-dealkylation sites (tertiary alicyclic amines) is 2. The molecule has 2 aromatic carbocycles. The van der Waals surface area contributed by atoms with Gasteiger partial charge in [0, 0.05) is 50.1 Å². The Kier molecular flexibility index (Phi) is 7.68. The van der Waals surface area contributed by atoms with Crippen LogP contribution >= 0.6 is 0 Å². The fraction of sp³-hybridized carbons (Fsp3) is 0.355. The van der Waals surface area contributed by atoms with Gasteiger partial charge in [-0.2, -0.15) is 5.10 Å². The molecule has 0 N–H and O–H groups in total. The third-order valence-electron chi connectivity index (χ3n) is 8.26. The molecule has 0 bridgehead atoms. The molecule has 4 aromatic rings. The van der Waals surface area contributed by atoms with Crippen LogP contribution in [-0.2, 0) is 16.4 Å². The zero-order valence-corrected chi connectivity index (χ0v) is 23.9. The van der Waals surface area contributed by atoms with Crippen molar-refractivity contribution >= 4 is 15.7 Å². The van der Waals surface area contributed by atoms with Gasteiger partial charge in [0.05, 0.1) is 22.3 Å². The monoisotopic (exact) mass is 570 g/mol. The normalized spacial score (nSPS) is 18.6. The Morgan fingerprint density at radius 1 is 0.878 bits per heavy atom. The van der Waals surface area contributed by atoms with Crippen molar-refractivity contribution in [3.05, 3.63) is 102 Å². The van der Waals surface area contributed by atoms with Gasteiger partial charge in [-0.15, -0.1) is 0 Å². The summed E-state index contributed by atoms with van der Waals surface area (Å²) in [5.41, 5.74) is 3.88. The zero-order valence-electron chi connectivity index (χ0n) is 23.1. The Labute approximate surface area is 240 Å². The van der Waals surface area contributed by atoms with Crippen LogP contribution in [-0.4, -0.2) is 76.3 Å². The van der Waals surface area contributed by atoms with Gasteiger partial charge in [0.2, 0.25) is 0 Å². The van der Waals surface area contributed by atoms with E-state index < -0.39 is 9.84 Å². The topological polar surface area (TPSA) is 101 Å². The Balaban J connectivity index is 1.20. The molecule has 2 aliphatic rings. The number of hydrogen-bond donors (Lipinski definition) is 0. The van der Waals surface area contributed by atoms with Crippen LogP contribution in [0.3, 0.4) is 0 Å². The van der Waals surface area contributed by atoms with E-state index in [1.54, 1.807) is 41.5 Å². The van der Waals surface area contributed by atoms with Crippen LogP contribution in [0.15, 0.2) is 84.1 Å². The molecule has 2 aromatic heterocycles. The number of amides is 1. The molecule has 6 rings (SSSR count). The first kappa shape index (κ1) is 27.3. The Morgan fingerprint density at radius 3 is 2.24 bits per heavy atom. The molecule has 1 atom stereocenters. The van der Waals surface area contributed by atoms with Gasteiger partial charge in [-0.3, -0.25) is 9.69 Å². The summed E-state index contributed by atoms with van der Waals surface area (Å²) in [6.07, 6.45) is 8.99. The van der Waals surface area contributed by atoms with Crippen molar-refractivity contribution in [1.29, 1.82) is 0 Å². The van der Waals surface area contributed by atoms with E-state index in [-0.39, 0.29) is 11.8 Å². The standard InChI is InChI=1S/C31H34N6O3S/c1-41(39,40)27-10-8-23(9-11-27)21-35-17-12-25(13-18-35)29-28(20-34-37(29)31-32-15-5-16-33-31)30(38)36-19-14-26(22-36)24-6-3-2-4-7-24/h2-11,15-16,20,25-26H,12-14,17-19,21-22H2,1H3/t26-/m0/s1. The Hall–Kier alpha value is -3.89. The Bertz CT molecular complexity index is 1600. The minimum atomic E-state index is -3.21. The second kappa shape index (κ2) is 11.5. The highest BCUT2D eigenvalue weighted by atomic mass is 32.2. The summed E-state index contributed by atoms with van der Waals surface area (Å²) in [6, 6.07) is 19.3. The van der Waals surface area contributed by atoms with E-state index in [0.717, 1.165) is 56.7 Å². The van der Waals surface area contributed by atoms with Crippen LogP contribution in [0.4, 0.5) is 0 Å². The van der Waals surface area contributed by atoms with E-state index >= 15 is 0 Å². The molecule has 0 spiro atoms. The molecular weight excluding hydrogens is 536 g/mol. The number of nitrogens with zero attached hydrogens (tertiary/aromatic N) is 6. The van der Waals surface area contributed by atoms with Crippen molar-refractivity contribution in [2.75, 3.05) is 32.4 Å². The largest absolute Gasteiger partial charge is 0.338 e. The molecular formula is C31H34N6O3S. The molecule has 2 fully saturated rings. The lowest BCUT2D eigenvalue weighted by Crippen LogP contribution is -2.34. The van der Waals surface area contributed by atoms with E-state index in [9.17, 15) is 13.2 Å². The van der Waals surface area contributed by atoms with E-state index in [0.29, 0.717) is 28.9 Å². The SMILES string of the molecule is CS(=O)(=O)c1ccc(CN2CCC(c3c(C(=O)N4CC[C@H](c5ccccc5)C4)cnn3-c3ncccn3)CC2)cc1. The lowest BCUT2D eigenvalue weighted by Gasteiger charge is -2.32. The summed E-state index contributed by atoms with van der Waals surface area (Å²) >= 11 is 0. The number of sulfone groups is 1. The van der Waals surface area contributed by atoms with Crippen LogP contribution in [0, 0.1) is 0 Å². The van der Waals surface area contributed by atoms with E-state index in [2.05, 4.69) is 44.2 Å². The fourth-order valence-corrected chi connectivity index (χ4v) is 6.68. The highest BCUT2D eigenvalue weighted by molar-refractivity contribution is 7.90. The highest BCUT2D eigenvalue weighted by Crippen LogP contribution is 2.34. The van der Waals surface area contributed by atoms with Crippen LogP contribution < -0.4 is 0 Å². The van der Waals surface area contributed by atoms with Gasteiger partial charge in [0.25, 0.3) is 11.9 Å². The van der Waals surface area contributed by atoms with E-state index in [1.165, 1.54) is 11.8 Å². The first-order valence-corrected chi connectivity index (χ1v) is 16.0. The second-order valence-electron chi connectivity index (χ2n) is 11.0. The quantitative estimate of drug-likeness (QED) is 0.330. The van der Waals surface area contributed by atoms with Crippen LogP contribution in [0.25, 0.3) is 5.95 Å². The predicted molar refractivity (Wildman–Crippen MR) is 156 cm³/mol. The number of piperidine rings is 1. The van der Waals surface area contributed by atoms with Gasteiger partial charge >= 0.3 is 0 Å². The van der Waals surface area contributed by atoms with Gasteiger partial charge in [-0.1, -0.05) is 42.5 Å². The number of carbonyl (C=O) groups excluding carboxylic acids is 1. The molecule has 1 amide bonds. The summed E-state index contributed by atoms with van der Waals surface area (Å²) in [7, 11) is -3.21. The number of rotatable bonds is 7. The van der Waals surface area contributed by atoms with E-state index in [1.807, 2.05) is 23.1 Å². The third kappa shape index (κ3) is 5.94. The maximum Gasteiger partial charge on any atom is 0.257 e. The number of hydrogen-bond acceptors (Lipinski definition) is 7. The van der Waals surface area contributed by atoms with Crippen molar-refractivity contribution < 1.29 is 13.2 Å². The fourth-order valence-electron chi connectivity index (χ4n) is 6.05. The molecule has 0 saturated carbocycles. The molecule has 41 heavy (non-hydrogen) atoms. The predicted octanol–water partition coefficient (Wildman–Crippen LogP) is 4.08. The summed E-state index contributed by atoms with van der Waals surface area (Å²) in [6.45, 7) is 3.88. The molecule has 2 aliphatic heterocycles. The van der Waals surface area contributed by atoms with Gasteiger partial charge < -0.3 is 4.90 Å². The van der Waals surface area contributed by atoms with Crippen molar-refractivity contribution in [3.63, 3.8) is 0 Å². The van der Waals surface area contributed by atoms with Gasteiger partial charge in [0.15, 0.2) is 9.84 Å². The zero-order chi connectivity index (χ0) is 28.4. The second-order valence-corrected chi connectivity index (χ2v) is 13.0. The first-order valence-electron chi connectivity index (χ1n) is 14.1. The average Bonchev–Trinajstić information content (AvgIpc) is 3.67. The highest BCUT2D eigenvalue weighted by Gasteiger charge is 2.34. The summed E-state index contributed by atoms with van der Waals surface area (Å²) < 4.78 is 25.4. The molecule has 0 aliphatic carbocycles. The lowest BCUT2D eigenvalue weighted by atomic mass is 9.90. The summed E-state index contributed by atoms with van der Waals surface area (Å²) in [5, 5.41) is 4.63. The number of benzene rings is 2. The van der Waals surface area contributed by atoms with Crippen LogP contribution in [0.1, 0.15) is 58.3 Å². The third-order valence-corrected chi connectivity index (χ3v) is 9.39. The van der Waals surface area contributed by atoms with E-state index in [4.69, 9.17) is 0 Å². The Morgan fingerprint density at radius 2 is 1.56 bits per heavy atom. The molecule has 9 nitrogen and oxygen atoms in total. The first-order chi connectivity index (χ1) is 19.9. The number of aromatic nitrogens is 4. The summed E-state index contributed by atoms with van der Waals surface area (Å²) in [5.74, 6) is 0.968. The minimum Gasteiger partial charge on any atom is -0.338 e. The van der Waals surface area contributed by atoms with Gasteiger partial charge in [-0.25, -0.2) is 23.1 Å². The van der Waals surface area contributed by atoms with Crippen molar-refractivity contribution in [2.45, 2.75) is 42.5 Å². The van der Waals surface area contributed by atoms with Crippen molar-refractivity contribution in [3.8, 4) is 5.95 Å². The molecule has 4 heterocycles. The molecule has 212 valence electrons. The maximum atomic E-state index is 13.9. The molecule has 2 saturated heterocycles. The lowest BCUT2D eigenvalue weighted by molar-refractivity contribution is 0.0788. The average molecular weight is 571 g/mol. The van der Waals surface area contributed by atoms with Crippen LogP contribution in [0.5, 0.6) is 0 Å². The van der Waals surface area contributed by atoms with Gasteiger partial charge in [-0.05, 0) is 61.7 Å². The van der Waals surface area contributed by atoms with Gasteiger partial charge in [0.1, 0.15) is 0 Å². The number of carbonyl (C=O) groups is 1. The molecule has 10 heteroatoms. The van der Waals surface area contributed by atoms with Crippen molar-refractivity contribution in [2.24, 2.45) is 0 Å². The van der Waals surface area contributed by atoms with Crippen LogP contribution in [0.2, 0.25) is 0 Å². The smallest absolute Gasteiger partial charge is 0.257 e. The van der Waals surface area contributed by atoms with Crippen molar-refractivity contribution in [1.82, 2.24) is 29.5 Å². The minimum absolute atomic E-state index is 0.0222. The molecule has 0 radical (unpaired) electrons. The molecule has 0 unspecified atom stereocenters. The maximum absolute atomic E-state index is 13.9.